The Morgan fingerprint density at radius 2 is 2.60 bits per heavy atom. The molecule has 0 aliphatic carbocycles. The molecule has 0 aromatic rings. The second-order valence-corrected chi connectivity index (χ2v) is 4.53. The first-order valence-electron chi connectivity index (χ1n) is 3.11. The number of hydrogen-bond donors (Lipinski definition) is 1. The van der Waals surface area contributed by atoms with Gasteiger partial charge in [-0.3, -0.25) is 0 Å². The minimum Gasteiger partial charge on any atom is -0.336 e. The fraction of sp³-hybridized carbons (Fsp3) is 0.800. The van der Waals surface area contributed by atoms with Crippen molar-refractivity contribution < 1.29 is 4.79 Å². The topological polar surface area (TPSA) is 32.3 Å². The van der Waals surface area contributed by atoms with Crippen LogP contribution in [0.3, 0.4) is 0 Å². The van der Waals surface area contributed by atoms with Crippen LogP contribution in [0.2, 0.25) is 0 Å². The van der Waals surface area contributed by atoms with Gasteiger partial charge in [-0.2, -0.15) is 0 Å². The van der Waals surface area contributed by atoms with E-state index in [0.29, 0.717) is 0 Å². The molecule has 1 saturated heterocycles. The highest BCUT2D eigenvalue weighted by Crippen LogP contribution is 2.10. The largest absolute Gasteiger partial charge is 0.336 e. The summed E-state index contributed by atoms with van der Waals surface area (Å²) in [5, 5.41) is 2.75. The number of carbonyl (C=O) groups is 1. The molecule has 0 atom stereocenters. The summed E-state index contributed by atoms with van der Waals surface area (Å²) < 4.78 is 0. The van der Waals surface area contributed by atoms with E-state index in [1.54, 1.807) is 8.93 Å². The predicted molar refractivity (Wildman–Crippen MR) is 51.4 cm³/mol. The number of halogens is 1. The van der Waals surface area contributed by atoms with Gasteiger partial charge < -0.3 is 10.2 Å². The Morgan fingerprint density at radius 3 is 3.10 bits per heavy atom. The Labute approximate surface area is 76.5 Å². The molecule has 58 valence electrons. The lowest BCUT2D eigenvalue weighted by Crippen LogP contribution is -2.29. The Bertz CT molecular complexity index is 133. The third-order valence-electron chi connectivity index (χ3n) is 1.38. The zero-order chi connectivity index (χ0) is 7.40. The van der Waals surface area contributed by atoms with Crippen LogP contribution in [-0.2, 0) is 0 Å². The molecule has 0 aromatic carbocycles. The van der Waals surface area contributed by atoms with Crippen LogP contribution in [0.1, 0.15) is 0 Å². The van der Waals surface area contributed by atoms with Crippen molar-refractivity contribution in [3.63, 3.8) is 0 Å². The molecule has 0 bridgehead atoms. The molecule has 0 spiro atoms. The van der Waals surface area contributed by atoms with E-state index in [4.69, 9.17) is 0 Å². The van der Waals surface area contributed by atoms with Crippen molar-refractivity contribution in [2.24, 2.45) is 0 Å². The first-order chi connectivity index (χ1) is 4.84. The van der Waals surface area contributed by atoms with Gasteiger partial charge in [-0.15, -0.1) is 0 Å². The number of nitrogens with one attached hydrogen (secondary N) is 1. The lowest BCUT2D eigenvalue weighted by Gasteiger charge is -2.11. The molecule has 1 aliphatic heterocycles. The first-order valence-corrected chi connectivity index (χ1v) is 6.64. The average Bonchev–Trinajstić information content (AvgIpc) is 2.31. The van der Waals surface area contributed by atoms with Crippen LogP contribution in [0.25, 0.3) is 0 Å². The van der Waals surface area contributed by atoms with Crippen molar-refractivity contribution in [3.05, 3.63) is 0 Å². The van der Waals surface area contributed by atoms with Crippen LogP contribution < -0.4 is 5.32 Å². The van der Waals surface area contributed by atoms with Crippen molar-refractivity contribution in [1.82, 2.24) is 10.2 Å². The van der Waals surface area contributed by atoms with Crippen molar-refractivity contribution in [1.29, 1.82) is 0 Å². The molecule has 0 unspecified atom stereocenters. The van der Waals surface area contributed by atoms with Gasteiger partial charge in [-0.1, -0.05) is 8.93 Å². The van der Waals surface area contributed by atoms with Crippen molar-refractivity contribution >= 4 is 36.2 Å². The number of hydrogen-bond acceptors (Lipinski definition) is 2. The van der Waals surface area contributed by atoms with Gasteiger partial charge in [0.15, 0.2) is 0 Å². The SMILES string of the molecule is O=C1NCCN1CCSI. The van der Waals surface area contributed by atoms with Gasteiger partial charge in [0.1, 0.15) is 0 Å². The maximum atomic E-state index is 10.9. The van der Waals surface area contributed by atoms with Gasteiger partial charge in [0, 0.05) is 25.4 Å². The zero-order valence-electron chi connectivity index (χ0n) is 5.47. The molecular weight excluding hydrogens is 263 g/mol. The summed E-state index contributed by atoms with van der Waals surface area (Å²) in [6.45, 7) is 2.56. The van der Waals surface area contributed by atoms with Gasteiger partial charge in [0.2, 0.25) is 0 Å². The fourth-order valence-electron chi connectivity index (χ4n) is 0.869. The molecule has 1 rings (SSSR count). The second-order valence-electron chi connectivity index (χ2n) is 2.03. The summed E-state index contributed by atoms with van der Waals surface area (Å²) in [5.74, 6) is 1.02. The van der Waals surface area contributed by atoms with Crippen LogP contribution in [0.15, 0.2) is 0 Å². The van der Waals surface area contributed by atoms with E-state index in [1.807, 2.05) is 4.90 Å². The Morgan fingerprint density at radius 1 is 1.80 bits per heavy atom. The van der Waals surface area contributed by atoms with Gasteiger partial charge >= 0.3 is 6.03 Å². The van der Waals surface area contributed by atoms with Crippen molar-refractivity contribution in [3.8, 4) is 0 Å². The minimum absolute atomic E-state index is 0.0884. The van der Waals surface area contributed by atoms with Gasteiger partial charge in [-0.05, 0) is 21.2 Å². The molecule has 0 saturated carbocycles. The van der Waals surface area contributed by atoms with Crippen molar-refractivity contribution in [2.75, 3.05) is 25.4 Å². The lowest BCUT2D eigenvalue weighted by atomic mass is 10.6. The van der Waals surface area contributed by atoms with E-state index in [9.17, 15) is 4.79 Å². The van der Waals surface area contributed by atoms with Crippen LogP contribution in [0.5, 0.6) is 0 Å². The highest BCUT2D eigenvalue weighted by atomic mass is 127. The molecule has 1 heterocycles. The van der Waals surface area contributed by atoms with E-state index in [0.717, 1.165) is 25.4 Å². The lowest BCUT2D eigenvalue weighted by molar-refractivity contribution is 0.220. The Balaban J connectivity index is 2.20. The standard InChI is InChI=1S/C5H9IN2OS/c6-10-4-3-8-2-1-7-5(8)9/h1-4H2,(H,7,9). The minimum atomic E-state index is 0.0884. The molecule has 2 amide bonds. The molecule has 5 heteroatoms. The highest BCUT2D eigenvalue weighted by molar-refractivity contribution is 14.2. The van der Waals surface area contributed by atoms with E-state index in [2.05, 4.69) is 26.5 Å². The monoisotopic (exact) mass is 272 g/mol. The van der Waals surface area contributed by atoms with E-state index in [-0.39, 0.29) is 6.03 Å². The maximum absolute atomic E-state index is 10.9. The fourth-order valence-corrected chi connectivity index (χ4v) is 1.75. The quantitative estimate of drug-likeness (QED) is 0.780. The van der Waals surface area contributed by atoms with E-state index >= 15 is 0 Å². The Hall–Kier alpha value is 0.350. The summed E-state index contributed by atoms with van der Waals surface area (Å²) in [6.07, 6.45) is 0. The summed E-state index contributed by atoms with van der Waals surface area (Å²) >= 11 is 2.24. The number of urea groups is 1. The molecule has 0 aromatic heterocycles. The van der Waals surface area contributed by atoms with Crippen LogP contribution in [0.4, 0.5) is 4.79 Å². The average molecular weight is 272 g/mol. The summed E-state index contributed by atoms with van der Waals surface area (Å²) in [4.78, 5) is 12.7. The second kappa shape index (κ2) is 4.27. The van der Waals surface area contributed by atoms with Crippen LogP contribution in [0, 0.1) is 0 Å². The summed E-state index contributed by atoms with van der Waals surface area (Å²) in [6, 6.07) is 0.0884. The van der Waals surface area contributed by atoms with Gasteiger partial charge in [0.25, 0.3) is 0 Å². The molecule has 10 heavy (non-hydrogen) atoms. The zero-order valence-corrected chi connectivity index (χ0v) is 8.44. The van der Waals surface area contributed by atoms with Crippen LogP contribution >= 0.6 is 30.1 Å². The molecule has 0 radical (unpaired) electrons. The maximum Gasteiger partial charge on any atom is 0.317 e. The Kier molecular flexibility index (Phi) is 3.61. The molecule has 1 fully saturated rings. The van der Waals surface area contributed by atoms with E-state index in [1.165, 1.54) is 0 Å². The molecule has 1 N–H and O–H groups in total. The summed E-state index contributed by atoms with van der Waals surface area (Å²) in [5.41, 5.74) is 0. The molecular formula is C5H9IN2OS. The summed E-state index contributed by atoms with van der Waals surface area (Å²) in [7, 11) is 1.74. The highest BCUT2D eigenvalue weighted by Gasteiger charge is 2.17. The van der Waals surface area contributed by atoms with Gasteiger partial charge in [0.05, 0.1) is 0 Å². The number of nitrogens with zero attached hydrogens (tertiary/aromatic N) is 1. The molecule has 3 nitrogen and oxygen atoms in total. The normalized spacial score (nSPS) is 17.7. The third-order valence-corrected chi connectivity index (χ3v) is 3.04. The number of carbonyl (C=O) groups excluding carboxylic acids is 1. The van der Waals surface area contributed by atoms with E-state index < -0.39 is 0 Å². The predicted octanol–water partition coefficient (Wildman–Crippen LogP) is 1.09. The smallest absolute Gasteiger partial charge is 0.317 e. The van der Waals surface area contributed by atoms with Crippen LogP contribution in [-0.4, -0.2) is 36.3 Å². The molecule has 1 aliphatic rings. The van der Waals surface area contributed by atoms with Gasteiger partial charge in [-0.25, -0.2) is 4.79 Å². The number of amides is 2. The number of rotatable bonds is 3. The van der Waals surface area contributed by atoms with Crippen molar-refractivity contribution in [2.45, 2.75) is 0 Å². The third kappa shape index (κ3) is 2.19. The first kappa shape index (κ1) is 8.45.